The van der Waals surface area contributed by atoms with Crippen molar-refractivity contribution < 1.29 is 32.0 Å². The Labute approximate surface area is 162 Å². The largest absolute Gasteiger partial charge is 0.480 e. The average molecular weight is 418 g/mol. The Morgan fingerprint density at radius 2 is 2.18 bits per heavy atom. The van der Waals surface area contributed by atoms with Crippen molar-refractivity contribution in [2.75, 3.05) is 20.4 Å². The van der Waals surface area contributed by atoms with Gasteiger partial charge in [-0.25, -0.2) is 18.8 Å². The quantitative estimate of drug-likeness (QED) is 0.645. The zero-order valence-corrected chi connectivity index (χ0v) is 17.3. The lowest BCUT2D eigenvalue weighted by Gasteiger charge is -2.36. The van der Waals surface area contributed by atoms with Gasteiger partial charge in [-0.15, -0.1) is 0 Å². The van der Waals surface area contributed by atoms with Crippen LogP contribution in [0.4, 0.5) is 4.39 Å². The molecular weight excluding hydrogens is 394 g/mol. The molecule has 0 aromatic heterocycles. The maximum Gasteiger partial charge on any atom is 0.475 e. The molecule has 0 bridgehead atoms. The number of phosphoric ester groups is 1. The molecule has 12 heteroatoms. The number of methoxy groups -OCH3 is 1. The molecular formula is C16H24FN4O6P. The number of ether oxygens (including phenoxy) is 2. The molecule has 0 spiro atoms. The summed E-state index contributed by atoms with van der Waals surface area (Å²) in [4.78, 5) is 14.8. The minimum Gasteiger partial charge on any atom is -0.480 e. The van der Waals surface area contributed by atoms with Crippen molar-refractivity contribution in [3.63, 3.8) is 0 Å². The van der Waals surface area contributed by atoms with Crippen LogP contribution in [-0.2, 0) is 27.6 Å². The van der Waals surface area contributed by atoms with Gasteiger partial charge in [0.2, 0.25) is 5.90 Å². The van der Waals surface area contributed by atoms with E-state index in [0.29, 0.717) is 17.4 Å². The van der Waals surface area contributed by atoms with Crippen LogP contribution in [0.25, 0.3) is 0 Å². The zero-order valence-electron chi connectivity index (χ0n) is 16.4. The lowest BCUT2D eigenvalue weighted by Crippen LogP contribution is -2.54. The van der Waals surface area contributed by atoms with Crippen molar-refractivity contribution in [3.8, 4) is 0 Å². The summed E-state index contributed by atoms with van der Waals surface area (Å²) in [5.41, 5.74) is -1.48. The second-order valence-corrected chi connectivity index (χ2v) is 9.05. The molecule has 0 aromatic rings. The van der Waals surface area contributed by atoms with E-state index in [4.69, 9.17) is 23.0 Å². The summed E-state index contributed by atoms with van der Waals surface area (Å²) in [6.07, 6.45) is -3.84. The lowest BCUT2D eigenvalue weighted by atomic mass is 9.97. The van der Waals surface area contributed by atoms with E-state index in [2.05, 4.69) is 15.0 Å². The molecule has 0 aromatic carbocycles. The topological polar surface area (TPSA) is 104 Å². The standard InChI is InChI=1S/C16H24FN4O6P/c1-8(2)26-28(22)24-6-10-12(27-28)16(4,17)15(25-10)21-7-18-11-13(21)19-9(3)20-14(11)23-5/h8,10,12-13,15H,6-7H2,1-5H3/t10-,12+,13?,15-,16-,28-/m1/s1. The van der Waals surface area contributed by atoms with E-state index in [1.165, 1.54) is 14.0 Å². The summed E-state index contributed by atoms with van der Waals surface area (Å²) in [5.74, 6) is 0.850. The van der Waals surface area contributed by atoms with Gasteiger partial charge in [-0.2, -0.15) is 4.99 Å². The summed E-state index contributed by atoms with van der Waals surface area (Å²) in [6, 6.07) is 0. The fourth-order valence-electron chi connectivity index (χ4n) is 3.77. The number of rotatable bonds is 3. The minimum absolute atomic E-state index is 0.0933. The van der Waals surface area contributed by atoms with Gasteiger partial charge in [-0.1, -0.05) is 0 Å². The number of nitrogens with zero attached hydrogens (tertiary/aromatic N) is 4. The normalized spacial score (nSPS) is 43.3. The van der Waals surface area contributed by atoms with Crippen LogP contribution in [0.15, 0.2) is 15.0 Å². The SMILES string of the molecule is COC1=NC(C)=NC2C1=NCN2[C@@H]1O[C@@H]2CO[P@](=O)(OC(C)C)O[C@@H]2[C@@]1(C)F. The van der Waals surface area contributed by atoms with Gasteiger partial charge >= 0.3 is 7.82 Å². The first-order valence-electron chi connectivity index (χ1n) is 9.08. The third-order valence-corrected chi connectivity index (χ3v) is 6.54. The summed E-state index contributed by atoms with van der Waals surface area (Å²) >= 11 is 0. The molecule has 2 fully saturated rings. The van der Waals surface area contributed by atoms with Gasteiger partial charge in [0.15, 0.2) is 18.1 Å². The highest BCUT2D eigenvalue weighted by Crippen LogP contribution is 2.59. The first-order valence-corrected chi connectivity index (χ1v) is 10.5. The van der Waals surface area contributed by atoms with Gasteiger partial charge in [0, 0.05) is 0 Å². The highest BCUT2D eigenvalue weighted by atomic mass is 31.2. The van der Waals surface area contributed by atoms with E-state index in [9.17, 15) is 4.57 Å². The van der Waals surface area contributed by atoms with Crippen molar-refractivity contribution in [1.29, 1.82) is 0 Å². The molecule has 6 atom stereocenters. The Morgan fingerprint density at radius 3 is 2.86 bits per heavy atom. The lowest BCUT2D eigenvalue weighted by molar-refractivity contribution is -0.108. The second-order valence-electron chi connectivity index (χ2n) is 7.47. The Morgan fingerprint density at radius 1 is 1.43 bits per heavy atom. The molecule has 4 aliphatic heterocycles. The van der Waals surface area contributed by atoms with Crippen LogP contribution in [0.5, 0.6) is 0 Å². The fourth-order valence-corrected chi connectivity index (χ4v) is 5.41. The molecule has 0 radical (unpaired) electrons. The van der Waals surface area contributed by atoms with Crippen LogP contribution >= 0.6 is 7.82 Å². The van der Waals surface area contributed by atoms with E-state index < -0.39 is 44.2 Å². The number of hydrogen-bond acceptors (Lipinski definition) is 10. The summed E-state index contributed by atoms with van der Waals surface area (Å²) in [6.45, 7) is 6.54. The van der Waals surface area contributed by atoms with Gasteiger partial charge in [0.25, 0.3) is 0 Å². The molecule has 4 heterocycles. The smallest absolute Gasteiger partial charge is 0.475 e. The molecule has 0 saturated carbocycles. The number of halogens is 1. The Bertz CT molecular complexity index is 800. The predicted octanol–water partition coefficient (Wildman–Crippen LogP) is 1.91. The highest BCUT2D eigenvalue weighted by molar-refractivity contribution is 7.48. The van der Waals surface area contributed by atoms with Crippen molar-refractivity contribution in [3.05, 3.63) is 0 Å². The number of hydrogen-bond donors (Lipinski definition) is 0. The number of aliphatic imine (C=N–C) groups is 3. The van der Waals surface area contributed by atoms with E-state index >= 15 is 4.39 Å². The van der Waals surface area contributed by atoms with Crippen molar-refractivity contribution in [1.82, 2.24) is 4.90 Å². The number of phosphoric acid groups is 1. The monoisotopic (exact) mass is 418 g/mol. The molecule has 10 nitrogen and oxygen atoms in total. The third-order valence-electron chi connectivity index (χ3n) is 4.91. The molecule has 156 valence electrons. The zero-order chi connectivity index (χ0) is 20.3. The summed E-state index contributed by atoms with van der Waals surface area (Å²) in [5, 5.41) is 0. The van der Waals surface area contributed by atoms with E-state index in [0.717, 1.165) is 0 Å². The predicted molar refractivity (Wildman–Crippen MR) is 98.3 cm³/mol. The Hall–Kier alpha value is -1.23. The van der Waals surface area contributed by atoms with Gasteiger partial charge < -0.3 is 9.47 Å². The van der Waals surface area contributed by atoms with E-state index in [1.807, 2.05) is 0 Å². The summed E-state index contributed by atoms with van der Waals surface area (Å²) in [7, 11) is -2.37. The first kappa shape index (κ1) is 20.1. The van der Waals surface area contributed by atoms with Crippen molar-refractivity contribution in [2.24, 2.45) is 15.0 Å². The third kappa shape index (κ3) is 3.24. The van der Waals surface area contributed by atoms with Gasteiger partial charge in [-0.05, 0) is 27.7 Å². The molecule has 0 aliphatic carbocycles. The highest BCUT2D eigenvalue weighted by Gasteiger charge is 2.63. The molecule has 2 saturated heterocycles. The van der Waals surface area contributed by atoms with Crippen LogP contribution in [-0.4, -0.2) is 79.1 Å². The molecule has 1 unspecified atom stereocenters. The molecule has 4 rings (SSSR count). The van der Waals surface area contributed by atoms with Gasteiger partial charge in [0.05, 0.1) is 26.5 Å². The van der Waals surface area contributed by atoms with Crippen LogP contribution in [0.2, 0.25) is 0 Å². The molecule has 0 N–H and O–H groups in total. The first-order chi connectivity index (χ1) is 13.1. The maximum atomic E-state index is 15.9. The van der Waals surface area contributed by atoms with Gasteiger partial charge in [0.1, 0.15) is 23.8 Å². The minimum atomic E-state index is -3.86. The molecule has 4 aliphatic rings. The number of amidine groups is 1. The Balaban J connectivity index is 1.57. The maximum absolute atomic E-state index is 15.9. The number of alkyl halides is 1. The molecule has 28 heavy (non-hydrogen) atoms. The second kappa shape index (κ2) is 6.93. The fraction of sp³-hybridized carbons (Fsp3) is 0.812. The summed E-state index contributed by atoms with van der Waals surface area (Å²) < 4.78 is 55.8. The van der Waals surface area contributed by atoms with E-state index in [1.54, 1.807) is 25.7 Å². The van der Waals surface area contributed by atoms with Crippen LogP contribution in [0.3, 0.4) is 0 Å². The van der Waals surface area contributed by atoms with Crippen molar-refractivity contribution >= 4 is 25.3 Å². The Kier molecular flexibility index (Phi) is 4.96. The van der Waals surface area contributed by atoms with Crippen LogP contribution in [0.1, 0.15) is 27.7 Å². The van der Waals surface area contributed by atoms with Crippen molar-refractivity contribution in [2.45, 2.75) is 64.1 Å². The average Bonchev–Trinajstić information content (AvgIpc) is 3.12. The number of fused-ring (bicyclic) bond motifs is 2. The van der Waals surface area contributed by atoms with E-state index in [-0.39, 0.29) is 13.3 Å². The van der Waals surface area contributed by atoms with Gasteiger partial charge in [-0.3, -0.25) is 18.6 Å². The molecule has 0 amide bonds. The van der Waals surface area contributed by atoms with Crippen LogP contribution in [0, 0.1) is 0 Å². The van der Waals surface area contributed by atoms with Crippen LogP contribution < -0.4 is 0 Å².